The third-order valence-electron chi connectivity index (χ3n) is 2.51. The highest BCUT2D eigenvalue weighted by Crippen LogP contribution is 2.06. The molecule has 0 spiro atoms. The molecule has 0 fully saturated rings. The van der Waals surface area contributed by atoms with Gasteiger partial charge < -0.3 is 5.32 Å². The Morgan fingerprint density at radius 2 is 2.00 bits per heavy atom. The molecule has 0 atom stereocenters. The average Bonchev–Trinajstić information content (AvgIpc) is 2.86. The normalized spacial score (nSPS) is 10.6. The number of hydrogen-bond acceptors (Lipinski definition) is 2. The number of nitrogens with one attached hydrogen (secondary N) is 1. The second-order valence-corrected chi connectivity index (χ2v) is 4.58. The van der Waals surface area contributed by atoms with Crippen LogP contribution in [0.2, 0.25) is 0 Å². The molecular weight excluding hydrogens is 226 g/mol. The molecule has 4 heteroatoms. The summed E-state index contributed by atoms with van der Waals surface area (Å²) >= 11 is 0. The van der Waals surface area contributed by atoms with Crippen molar-refractivity contribution in [2.75, 3.05) is 6.54 Å². The molecule has 0 aliphatic rings. The van der Waals surface area contributed by atoms with Crippen LogP contribution in [0, 0.1) is 5.92 Å². The van der Waals surface area contributed by atoms with Gasteiger partial charge in [0.1, 0.15) is 0 Å². The molecule has 0 bridgehead atoms. The minimum atomic E-state index is -0.126. The molecular formula is C14H17N3O. The van der Waals surface area contributed by atoms with E-state index in [9.17, 15) is 4.79 Å². The van der Waals surface area contributed by atoms with E-state index in [-0.39, 0.29) is 5.91 Å². The van der Waals surface area contributed by atoms with E-state index in [1.54, 1.807) is 16.9 Å². The van der Waals surface area contributed by atoms with E-state index < -0.39 is 0 Å². The number of amides is 1. The van der Waals surface area contributed by atoms with Crippen LogP contribution in [0.15, 0.2) is 42.6 Å². The van der Waals surface area contributed by atoms with E-state index in [1.807, 2.05) is 30.3 Å². The van der Waals surface area contributed by atoms with Crippen LogP contribution in [0.4, 0.5) is 0 Å². The number of aromatic nitrogens is 2. The van der Waals surface area contributed by atoms with Crippen LogP contribution in [0.1, 0.15) is 24.3 Å². The van der Waals surface area contributed by atoms with Gasteiger partial charge in [0.15, 0.2) is 5.69 Å². The monoisotopic (exact) mass is 243 g/mol. The summed E-state index contributed by atoms with van der Waals surface area (Å²) in [5.74, 6) is 0.309. The number of hydrogen-bond donors (Lipinski definition) is 1. The Kier molecular flexibility index (Phi) is 3.77. The van der Waals surface area contributed by atoms with Crippen molar-refractivity contribution in [1.82, 2.24) is 15.1 Å². The predicted molar refractivity (Wildman–Crippen MR) is 70.7 cm³/mol. The second-order valence-electron chi connectivity index (χ2n) is 4.58. The van der Waals surface area contributed by atoms with Crippen LogP contribution in [0.25, 0.3) is 5.69 Å². The van der Waals surface area contributed by atoms with E-state index in [4.69, 9.17) is 0 Å². The summed E-state index contributed by atoms with van der Waals surface area (Å²) in [4.78, 5) is 11.8. The highest BCUT2D eigenvalue weighted by Gasteiger charge is 2.09. The lowest BCUT2D eigenvalue weighted by molar-refractivity contribution is 0.0943. The molecule has 1 heterocycles. The minimum Gasteiger partial charge on any atom is -0.350 e. The molecule has 0 unspecified atom stereocenters. The van der Waals surface area contributed by atoms with Gasteiger partial charge in [0.2, 0.25) is 0 Å². The molecule has 2 aromatic rings. The van der Waals surface area contributed by atoms with Crippen molar-refractivity contribution in [3.8, 4) is 5.69 Å². The van der Waals surface area contributed by atoms with E-state index >= 15 is 0 Å². The maximum absolute atomic E-state index is 11.8. The van der Waals surface area contributed by atoms with E-state index in [0.29, 0.717) is 18.2 Å². The Morgan fingerprint density at radius 3 is 2.67 bits per heavy atom. The lowest BCUT2D eigenvalue weighted by atomic mass is 10.2. The topological polar surface area (TPSA) is 46.9 Å². The number of carbonyl (C=O) groups is 1. The van der Waals surface area contributed by atoms with Crippen LogP contribution in [-0.4, -0.2) is 22.2 Å². The highest BCUT2D eigenvalue weighted by atomic mass is 16.1. The minimum absolute atomic E-state index is 0.126. The molecule has 2 rings (SSSR count). The summed E-state index contributed by atoms with van der Waals surface area (Å²) in [6, 6.07) is 11.4. The first-order valence-corrected chi connectivity index (χ1v) is 6.06. The summed E-state index contributed by atoms with van der Waals surface area (Å²) in [7, 11) is 0. The second kappa shape index (κ2) is 5.49. The van der Waals surface area contributed by atoms with Crippen LogP contribution in [0.5, 0.6) is 0 Å². The van der Waals surface area contributed by atoms with Gasteiger partial charge in [0.25, 0.3) is 5.91 Å². The lowest BCUT2D eigenvalue weighted by Crippen LogP contribution is -2.27. The van der Waals surface area contributed by atoms with Gasteiger partial charge in [-0.25, -0.2) is 4.68 Å². The van der Waals surface area contributed by atoms with Crippen molar-refractivity contribution < 1.29 is 4.79 Å². The fourth-order valence-electron chi connectivity index (χ4n) is 1.56. The van der Waals surface area contributed by atoms with Crippen molar-refractivity contribution in [3.63, 3.8) is 0 Å². The van der Waals surface area contributed by atoms with Crippen molar-refractivity contribution in [2.45, 2.75) is 13.8 Å². The van der Waals surface area contributed by atoms with Gasteiger partial charge in [0.05, 0.1) is 5.69 Å². The van der Waals surface area contributed by atoms with Crippen molar-refractivity contribution >= 4 is 5.91 Å². The molecule has 1 amide bonds. The largest absolute Gasteiger partial charge is 0.350 e. The molecule has 0 saturated carbocycles. The first-order chi connectivity index (χ1) is 8.66. The zero-order valence-electron chi connectivity index (χ0n) is 10.6. The van der Waals surface area contributed by atoms with Gasteiger partial charge in [-0.15, -0.1) is 0 Å². The molecule has 0 saturated heterocycles. The Bertz CT molecular complexity index is 517. The zero-order valence-corrected chi connectivity index (χ0v) is 10.6. The molecule has 94 valence electrons. The van der Waals surface area contributed by atoms with Crippen LogP contribution in [0.3, 0.4) is 0 Å². The summed E-state index contributed by atoms with van der Waals surface area (Å²) in [5, 5.41) is 7.11. The Hall–Kier alpha value is -2.10. The maximum atomic E-state index is 11.8. The van der Waals surface area contributed by atoms with Crippen molar-refractivity contribution in [3.05, 3.63) is 48.3 Å². The summed E-state index contributed by atoms with van der Waals surface area (Å²) in [6.45, 7) is 4.78. The number of carbonyl (C=O) groups excluding carboxylic acids is 1. The van der Waals surface area contributed by atoms with Gasteiger partial charge >= 0.3 is 0 Å². The molecule has 1 N–H and O–H groups in total. The molecule has 0 aliphatic heterocycles. The first kappa shape index (κ1) is 12.4. The standard InChI is InChI=1S/C14H17N3O/c1-11(2)10-15-14(18)13-8-9-17(16-13)12-6-4-3-5-7-12/h3-9,11H,10H2,1-2H3,(H,15,18). The fourth-order valence-corrected chi connectivity index (χ4v) is 1.56. The number of rotatable bonds is 4. The fraction of sp³-hybridized carbons (Fsp3) is 0.286. The lowest BCUT2D eigenvalue weighted by Gasteiger charge is -2.05. The van der Waals surface area contributed by atoms with Crippen molar-refractivity contribution in [1.29, 1.82) is 0 Å². The van der Waals surface area contributed by atoms with Gasteiger partial charge in [0, 0.05) is 12.7 Å². The molecule has 1 aromatic heterocycles. The smallest absolute Gasteiger partial charge is 0.271 e. The van der Waals surface area contributed by atoms with Gasteiger partial charge in [-0.3, -0.25) is 4.79 Å². The summed E-state index contributed by atoms with van der Waals surface area (Å²) in [5.41, 5.74) is 1.39. The Labute approximate surface area is 107 Å². The van der Waals surface area contributed by atoms with Gasteiger partial charge in [-0.05, 0) is 24.1 Å². The Morgan fingerprint density at radius 1 is 1.28 bits per heavy atom. The quantitative estimate of drug-likeness (QED) is 0.895. The van der Waals surface area contributed by atoms with Gasteiger partial charge in [-0.2, -0.15) is 5.10 Å². The van der Waals surface area contributed by atoms with E-state index in [0.717, 1.165) is 5.69 Å². The predicted octanol–water partition coefficient (Wildman–Crippen LogP) is 2.26. The van der Waals surface area contributed by atoms with Crippen molar-refractivity contribution in [2.24, 2.45) is 5.92 Å². The SMILES string of the molecule is CC(C)CNC(=O)c1ccn(-c2ccccc2)n1. The van der Waals surface area contributed by atoms with E-state index in [1.165, 1.54) is 0 Å². The van der Waals surface area contributed by atoms with Crippen LogP contribution in [-0.2, 0) is 0 Å². The molecule has 4 nitrogen and oxygen atoms in total. The third kappa shape index (κ3) is 2.97. The van der Waals surface area contributed by atoms with Crippen LogP contribution >= 0.6 is 0 Å². The number of para-hydroxylation sites is 1. The van der Waals surface area contributed by atoms with Gasteiger partial charge in [-0.1, -0.05) is 32.0 Å². The summed E-state index contributed by atoms with van der Waals surface area (Å²) < 4.78 is 1.70. The first-order valence-electron chi connectivity index (χ1n) is 6.06. The number of benzene rings is 1. The zero-order chi connectivity index (χ0) is 13.0. The highest BCUT2D eigenvalue weighted by molar-refractivity contribution is 5.92. The Balaban J connectivity index is 2.09. The van der Waals surface area contributed by atoms with Crippen LogP contribution < -0.4 is 5.32 Å². The summed E-state index contributed by atoms with van der Waals surface area (Å²) in [6.07, 6.45) is 1.79. The third-order valence-corrected chi connectivity index (χ3v) is 2.51. The molecule has 1 aromatic carbocycles. The average molecular weight is 243 g/mol. The number of nitrogens with zero attached hydrogens (tertiary/aromatic N) is 2. The van der Waals surface area contributed by atoms with E-state index in [2.05, 4.69) is 24.3 Å². The molecule has 0 radical (unpaired) electrons. The maximum Gasteiger partial charge on any atom is 0.271 e. The molecule has 18 heavy (non-hydrogen) atoms. The molecule has 0 aliphatic carbocycles.